The highest BCUT2D eigenvalue weighted by atomic mass is 32.2. The molecule has 2 rings (SSSR count). The monoisotopic (exact) mass is 296 g/mol. The Labute approximate surface area is 120 Å². The Morgan fingerprint density at radius 1 is 1.45 bits per heavy atom. The van der Waals surface area contributed by atoms with Gasteiger partial charge >= 0.3 is 5.97 Å². The van der Waals surface area contributed by atoms with Crippen LogP contribution in [0.15, 0.2) is 18.2 Å². The Balaban J connectivity index is 2.06. The molecular weight excluding hydrogens is 280 g/mol. The fourth-order valence-electron chi connectivity index (χ4n) is 2.19. The third-order valence-electron chi connectivity index (χ3n) is 3.36. The summed E-state index contributed by atoms with van der Waals surface area (Å²) in [5.74, 6) is 1.62. The molecule has 1 aromatic rings. The molecule has 20 heavy (non-hydrogen) atoms. The highest BCUT2D eigenvalue weighted by Crippen LogP contribution is 2.25. The average Bonchev–Trinajstić information content (AvgIpc) is 2.45. The van der Waals surface area contributed by atoms with Crippen LogP contribution in [0.3, 0.4) is 0 Å². The van der Waals surface area contributed by atoms with E-state index >= 15 is 0 Å². The third-order valence-corrected chi connectivity index (χ3v) is 4.41. The topological polar surface area (TPSA) is 92.5 Å². The van der Waals surface area contributed by atoms with Crippen LogP contribution in [0.1, 0.15) is 23.2 Å². The third kappa shape index (κ3) is 3.63. The van der Waals surface area contributed by atoms with Crippen molar-refractivity contribution in [3.63, 3.8) is 0 Å². The number of anilines is 1. The second-order valence-corrected chi connectivity index (χ2v) is 5.96. The Bertz CT molecular complexity index is 515. The highest BCUT2D eigenvalue weighted by molar-refractivity contribution is 7.99. The number of nitro groups is 1. The van der Waals surface area contributed by atoms with E-state index in [-0.39, 0.29) is 11.3 Å². The molecule has 1 aliphatic heterocycles. The summed E-state index contributed by atoms with van der Waals surface area (Å²) in [5.41, 5.74) is -0.0393. The number of benzene rings is 1. The van der Waals surface area contributed by atoms with Gasteiger partial charge in [-0.25, -0.2) is 4.79 Å². The lowest BCUT2D eigenvalue weighted by atomic mass is 10.0. The number of aromatic carboxylic acids is 1. The largest absolute Gasteiger partial charge is 0.477 e. The van der Waals surface area contributed by atoms with Gasteiger partial charge in [0.05, 0.1) is 4.92 Å². The van der Waals surface area contributed by atoms with Gasteiger partial charge in [-0.1, -0.05) is 0 Å². The molecule has 0 aliphatic carbocycles. The number of rotatable bonds is 5. The van der Waals surface area contributed by atoms with Crippen molar-refractivity contribution in [3.8, 4) is 0 Å². The molecule has 1 saturated heterocycles. The lowest BCUT2D eigenvalue weighted by Gasteiger charge is -2.22. The van der Waals surface area contributed by atoms with Crippen molar-refractivity contribution in [2.24, 2.45) is 5.92 Å². The average molecular weight is 296 g/mol. The molecule has 0 spiro atoms. The van der Waals surface area contributed by atoms with Crippen molar-refractivity contribution in [3.05, 3.63) is 33.9 Å². The molecule has 1 aliphatic rings. The number of carboxylic acid groups (broad SMARTS) is 1. The fraction of sp³-hybridized carbons (Fsp3) is 0.462. The molecule has 0 aromatic heterocycles. The maximum atomic E-state index is 11.0. The number of carbonyl (C=O) groups is 1. The molecule has 1 fully saturated rings. The number of nitro benzene ring substituents is 1. The first kappa shape index (κ1) is 14.6. The summed E-state index contributed by atoms with van der Waals surface area (Å²) in [7, 11) is 0. The van der Waals surface area contributed by atoms with Gasteiger partial charge < -0.3 is 10.4 Å². The second-order valence-electron chi connectivity index (χ2n) is 4.73. The van der Waals surface area contributed by atoms with E-state index in [4.69, 9.17) is 5.11 Å². The predicted octanol–water partition coefficient (Wildman–Crippen LogP) is 2.85. The zero-order valence-electron chi connectivity index (χ0n) is 10.9. The van der Waals surface area contributed by atoms with E-state index in [1.54, 1.807) is 6.07 Å². The zero-order valence-corrected chi connectivity index (χ0v) is 11.7. The molecule has 2 N–H and O–H groups in total. The molecule has 0 radical (unpaired) electrons. The summed E-state index contributed by atoms with van der Waals surface area (Å²) < 4.78 is 0. The van der Waals surface area contributed by atoms with E-state index in [0.717, 1.165) is 30.9 Å². The normalized spacial score (nSPS) is 15.8. The molecule has 0 saturated carbocycles. The quantitative estimate of drug-likeness (QED) is 0.641. The summed E-state index contributed by atoms with van der Waals surface area (Å²) in [6.07, 6.45) is 2.30. The van der Waals surface area contributed by atoms with Gasteiger partial charge in [-0.15, -0.1) is 0 Å². The van der Waals surface area contributed by atoms with E-state index < -0.39 is 10.9 Å². The molecule has 0 bridgehead atoms. The first-order valence-corrected chi connectivity index (χ1v) is 7.56. The van der Waals surface area contributed by atoms with Crippen LogP contribution < -0.4 is 5.32 Å². The number of nitrogens with zero attached hydrogens (tertiary/aromatic N) is 1. The first-order valence-electron chi connectivity index (χ1n) is 6.41. The van der Waals surface area contributed by atoms with Gasteiger partial charge in [0.25, 0.3) is 5.69 Å². The molecule has 0 amide bonds. The van der Waals surface area contributed by atoms with Crippen LogP contribution in [-0.4, -0.2) is 34.0 Å². The minimum atomic E-state index is -1.28. The predicted molar refractivity (Wildman–Crippen MR) is 78.6 cm³/mol. The summed E-state index contributed by atoms with van der Waals surface area (Å²) in [5, 5.41) is 23.0. The van der Waals surface area contributed by atoms with E-state index in [9.17, 15) is 14.9 Å². The standard InChI is InChI=1S/C13H16N2O4S/c16-13(17)11-7-10(1-2-12(11)15(18)19)14-8-9-3-5-20-6-4-9/h1-2,7,9,14H,3-6,8H2,(H,16,17). The summed E-state index contributed by atoms with van der Waals surface area (Å²) in [4.78, 5) is 21.1. The van der Waals surface area contributed by atoms with Crippen LogP contribution in [0, 0.1) is 16.0 Å². The summed E-state index contributed by atoms with van der Waals surface area (Å²) in [6.45, 7) is 0.775. The van der Waals surface area contributed by atoms with Crippen LogP contribution >= 0.6 is 11.8 Å². The fourth-order valence-corrected chi connectivity index (χ4v) is 3.39. The number of thioether (sulfide) groups is 1. The van der Waals surface area contributed by atoms with Crippen molar-refractivity contribution in [2.75, 3.05) is 23.4 Å². The van der Waals surface area contributed by atoms with E-state index in [0.29, 0.717) is 11.6 Å². The Kier molecular flexibility index (Phi) is 4.84. The number of hydrogen-bond donors (Lipinski definition) is 2. The lowest BCUT2D eigenvalue weighted by molar-refractivity contribution is -0.385. The van der Waals surface area contributed by atoms with Crippen molar-refractivity contribution < 1.29 is 14.8 Å². The highest BCUT2D eigenvalue weighted by Gasteiger charge is 2.20. The minimum absolute atomic E-state index is 0.279. The zero-order chi connectivity index (χ0) is 14.5. The van der Waals surface area contributed by atoms with E-state index in [1.807, 2.05) is 11.8 Å². The Morgan fingerprint density at radius 3 is 2.75 bits per heavy atom. The second kappa shape index (κ2) is 6.60. The van der Waals surface area contributed by atoms with Crippen LogP contribution in [0.5, 0.6) is 0 Å². The van der Waals surface area contributed by atoms with Gasteiger partial charge in [-0.05, 0) is 42.4 Å². The molecule has 6 nitrogen and oxygen atoms in total. The molecule has 108 valence electrons. The molecule has 1 aromatic carbocycles. The Morgan fingerprint density at radius 2 is 2.15 bits per heavy atom. The summed E-state index contributed by atoms with van der Waals surface area (Å²) in [6, 6.07) is 4.13. The molecular formula is C13H16N2O4S. The van der Waals surface area contributed by atoms with Gasteiger partial charge in [0.15, 0.2) is 0 Å². The smallest absolute Gasteiger partial charge is 0.342 e. The molecule has 0 atom stereocenters. The molecule has 0 unspecified atom stereocenters. The van der Waals surface area contributed by atoms with Crippen molar-refractivity contribution in [2.45, 2.75) is 12.8 Å². The number of nitrogens with one attached hydrogen (secondary N) is 1. The molecule has 7 heteroatoms. The van der Waals surface area contributed by atoms with Gasteiger partial charge in [0, 0.05) is 18.3 Å². The minimum Gasteiger partial charge on any atom is -0.477 e. The van der Waals surface area contributed by atoms with Crippen LogP contribution in [0.2, 0.25) is 0 Å². The van der Waals surface area contributed by atoms with Crippen molar-refractivity contribution >= 4 is 29.1 Å². The van der Waals surface area contributed by atoms with Gasteiger partial charge in [-0.3, -0.25) is 10.1 Å². The van der Waals surface area contributed by atoms with E-state index in [2.05, 4.69) is 5.32 Å². The maximum Gasteiger partial charge on any atom is 0.342 e. The SMILES string of the molecule is O=C(O)c1cc(NCC2CCSCC2)ccc1[N+](=O)[O-]. The van der Waals surface area contributed by atoms with Crippen LogP contribution in [-0.2, 0) is 0 Å². The maximum absolute atomic E-state index is 11.0. The molecule has 1 heterocycles. The summed E-state index contributed by atoms with van der Waals surface area (Å²) >= 11 is 1.95. The van der Waals surface area contributed by atoms with Crippen LogP contribution in [0.25, 0.3) is 0 Å². The first-order chi connectivity index (χ1) is 9.58. The number of hydrogen-bond acceptors (Lipinski definition) is 5. The van der Waals surface area contributed by atoms with Gasteiger partial charge in [-0.2, -0.15) is 11.8 Å². The van der Waals surface area contributed by atoms with Crippen molar-refractivity contribution in [1.82, 2.24) is 0 Å². The lowest BCUT2D eigenvalue weighted by Crippen LogP contribution is -2.19. The number of carboxylic acids is 1. The van der Waals surface area contributed by atoms with Crippen molar-refractivity contribution in [1.29, 1.82) is 0 Å². The van der Waals surface area contributed by atoms with Gasteiger partial charge in [0.2, 0.25) is 0 Å². The van der Waals surface area contributed by atoms with Crippen LogP contribution in [0.4, 0.5) is 11.4 Å². The van der Waals surface area contributed by atoms with E-state index in [1.165, 1.54) is 12.1 Å². The van der Waals surface area contributed by atoms with Gasteiger partial charge in [0.1, 0.15) is 5.56 Å². The Hall–Kier alpha value is -1.76.